The van der Waals surface area contributed by atoms with Crippen LogP contribution in [0.1, 0.15) is 32.8 Å². The van der Waals surface area contributed by atoms with E-state index in [0.717, 1.165) is 54.0 Å². The van der Waals surface area contributed by atoms with Crippen LogP contribution in [0.2, 0.25) is 5.02 Å². The summed E-state index contributed by atoms with van der Waals surface area (Å²) in [5.74, 6) is 1.07. The predicted octanol–water partition coefficient (Wildman–Crippen LogP) is 5.46. The molecule has 0 bridgehead atoms. The summed E-state index contributed by atoms with van der Waals surface area (Å²) in [5.41, 5.74) is 2.08. The Morgan fingerprint density at radius 2 is 1.90 bits per heavy atom. The van der Waals surface area contributed by atoms with Gasteiger partial charge >= 0.3 is 0 Å². The molecule has 2 aromatic carbocycles. The fourth-order valence-corrected chi connectivity index (χ4v) is 5.88. The van der Waals surface area contributed by atoms with E-state index in [4.69, 9.17) is 21.3 Å². The van der Waals surface area contributed by atoms with Gasteiger partial charge < -0.3 is 9.64 Å². The van der Waals surface area contributed by atoms with Gasteiger partial charge in [-0.1, -0.05) is 41.6 Å². The number of rotatable bonds is 1. The molecule has 2 aromatic rings. The van der Waals surface area contributed by atoms with Crippen molar-refractivity contribution in [3.8, 4) is 0 Å². The Bertz CT molecular complexity index is 987. The van der Waals surface area contributed by atoms with Crippen LogP contribution in [0.15, 0.2) is 57.2 Å². The summed E-state index contributed by atoms with van der Waals surface area (Å²) in [6.07, 6.45) is 1.40. The minimum Gasteiger partial charge on any atom is -0.371 e. The number of hydrogen-bond donors (Lipinski definition) is 0. The number of benzene rings is 2. The summed E-state index contributed by atoms with van der Waals surface area (Å²) < 4.78 is 6.30. The molecule has 0 aromatic heterocycles. The van der Waals surface area contributed by atoms with Gasteiger partial charge in [-0.25, -0.2) is 4.99 Å². The number of aliphatic imine (C=N–C) groups is 1. The van der Waals surface area contributed by atoms with Crippen molar-refractivity contribution in [3.63, 3.8) is 0 Å². The molecule has 6 heteroatoms. The van der Waals surface area contributed by atoms with Crippen LogP contribution in [0.4, 0.5) is 5.69 Å². The fourth-order valence-electron chi connectivity index (χ4n) is 4.71. The molecule has 0 N–H and O–H groups in total. The average molecular weight is 442 g/mol. The lowest BCUT2D eigenvalue weighted by molar-refractivity contribution is -0.0538. The van der Waals surface area contributed by atoms with Gasteiger partial charge in [-0.2, -0.15) is 0 Å². The van der Waals surface area contributed by atoms with Crippen LogP contribution >= 0.6 is 23.4 Å². The Morgan fingerprint density at radius 1 is 1.07 bits per heavy atom. The Labute approximate surface area is 188 Å². The van der Waals surface area contributed by atoms with Crippen molar-refractivity contribution >= 4 is 34.9 Å². The first-order chi connectivity index (χ1) is 14.4. The quantitative estimate of drug-likeness (QED) is 0.587. The highest BCUT2D eigenvalue weighted by Gasteiger charge is 2.39. The summed E-state index contributed by atoms with van der Waals surface area (Å²) in [6.45, 7) is 10.5. The van der Waals surface area contributed by atoms with Crippen LogP contribution in [0, 0.1) is 0 Å². The second kappa shape index (κ2) is 7.86. The topological polar surface area (TPSA) is 28.1 Å². The molecule has 2 fully saturated rings. The molecule has 0 radical (unpaired) electrons. The van der Waals surface area contributed by atoms with Gasteiger partial charge in [0.1, 0.15) is 5.84 Å². The molecule has 3 aliphatic rings. The maximum absolute atomic E-state index is 6.30. The van der Waals surface area contributed by atoms with Crippen LogP contribution in [0.5, 0.6) is 0 Å². The highest BCUT2D eigenvalue weighted by Crippen LogP contribution is 2.42. The van der Waals surface area contributed by atoms with Gasteiger partial charge in [0.05, 0.1) is 17.4 Å². The van der Waals surface area contributed by atoms with Crippen molar-refractivity contribution in [3.05, 3.63) is 53.1 Å². The second-order valence-corrected chi connectivity index (χ2v) is 10.8. The van der Waals surface area contributed by atoms with Crippen molar-refractivity contribution in [1.82, 2.24) is 9.80 Å². The van der Waals surface area contributed by atoms with Crippen molar-refractivity contribution < 1.29 is 4.74 Å². The maximum Gasteiger partial charge on any atom is 0.137 e. The Morgan fingerprint density at radius 3 is 2.73 bits per heavy atom. The molecular weight excluding hydrogens is 414 g/mol. The summed E-state index contributed by atoms with van der Waals surface area (Å²) in [4.78, 5) is 12.6. The highest BCUT2D eigenvalue weighted by atomic mass is 35.5. The SMILES string of the molecule is CC(C)(C)O[C@H]1C[C@H]2CN(C3=Nc4cc(Cl)ccc4Sc4ccccc43)CCN2C1. The number of amidine groups is 1. The van der Waals surface area contributed by atoms with E-state index in [-0.39, 0.29) is 5.60 Å². The van der Waals surface area contributed by atoms with E-state index < -0.39 is 0 Å². The molecule has 2 atom stereocenters. The largest absolute Gasteiger partial charge is 0.371 e. The third-order valence-corrected chi connectivity index (χ3v) is 7.27. The van der Waals surface area contributed by atoms with Crippen molar-refractivity contribution in [2.45, 2.75) is 54.7 Å². The first-order valence-electron chi connectivity index (χ1n) is 10.7. The molecule has 4 nitrogen and oxygen atoms in total. The molecule has 30 heavy (non-hydrogen) atoms. The molecule has 0 amide bonds. The zero-order valence-corrected chi connectivity index (χ0v) is 19.3. The molecule has 0 aliphatic carbocycles. The molecular formula is C24H28ClN3OS. The predicted molar refractivity (Wildman–Crippen MR) is 124 cm³/mol. The van der Waals surface area contributed by atoms with E-state index in [1.165, 1.54) is 10.5 Å². The van der Waals surface area contributed by atoms with Crippen LogP contribution in [0.3, 0.4) is 0 Å². The van der Waals surface area contributed by atoms with E-state index in [1.54, 1.807) is 11.8 Å². The van der Waals surface area contributed by atoms with Crippen molar-refractivity contribution in [1.29, 1.82) is 0 Å². The summed E-state index contributed by atoms with van der Waals surface area (Å²) in [6, 6.07) is 15.1. The lowest BCUT2D eigenvalue weighted by Gasteiger charge is -2.39. The first-order valence-corrected chi connectivity index (χ1v) is 11.9. The van der Waals surface area contributed by atoms with E-state index in [2.05, 4.69) is 60.9 Å². The van der Waals surface area contributed by atoms with E-state index in [0.29, 0.717) is 12.1 Å². The number of piperazine rings is 1. The van der Waals surface area contributed by atoms with Gasteiger partial charge in [0.2, 0.25) is 0 Å². The molecule has 2 saturated heterocycles. The Hall–Kier alpha value is -1.53. The van der Waals surface area contributed by atoms with E-state index >= 15 is 0 Å². The fraction of sp³-hybridized carbons (Fsp3) is 0.458. The summed E-state index contributed by atoms with van der Waals surface area (Å²) in [5, 5.41) is 0.728. The highest BCUT2D eigenvalue weighted by molar-refractivity contribution is 7.99. The van der Waals surface area contributed by atoms with Crippen LogP contribution < -0.4 is 0 Å². The van der Waals surface area contributed by atoms with Crippen LogP contribution in [-0.2, 0) is 4.74 Å². The Kier molecular flexibility index (Phi) is 5.34. The number of ether oxygens (including phenoxy) is 1. The average Bonchev–Trinajstić information content (AvgIpc) is 2.99. The van der Waals surface area contributed by atoms with Crippen molar-refractivity contribution in [2.24, 2.45) is 4.99 Å². The van der Waals surface area contributed by atoms with Gasteiger partial charge in [-0.15, -0.1) is 0 Å². The second-order valence-electron chi connectivity index (χ2n) is 9.33. The minimum absolute atomic E-state index is 0.0938. The first kappa shape index (κ1) is 20.4. The molecule has 0 saturated carbocycles. The third kappa shape index (κ3) is 4.13. The lowest BCUT2D eigenvalue weighted by atomic mass is 10.1. The molecule has 158 valence electrons. The zero-order valence-electron chi connectivity index (χ0n) is 17.8. The summed E-state index contributed by atoms with van der Waals surface area (Å²) >= 11 is 8.08. The summed E-state index contributed by atoms with van der Waals surface area (Å²) in [7, 11) is 0. The number of nitrogens with zero attached hydrogens (tertiary/aromatic N) is 3. The smallest absolute Gasteiger partial charge is 0.137 e. The monoisotopic (exact) mass is 441 g/mol. The number of hydrogen-bond acceptors (Lipinski definition) is 5. The van der Waals surface area contributed by atoms with Gasteiger partial charge in [0.15, 0.2) is 0 Å². The molecule has 5 rings (SSSR count). The van der Waals surface area contributed by atoms with E-state index in [1.807, 2.05) is 12.1 Å². The molecule has 3 aliphatic heterocycles. The Balaban J connectivity index is 1.45. The van der Waals surface area contributed by atoms with Crippen LogP contribution in [0.25, 0.3) is 0 Å². The number of halogens is 1. The van der Waals surface area contributed by atoms with E-state index in [9.17, 15) is 0 Å². The molecule has 0 spiro atoms. The van der Waals surface area contributed by atoms with Gasteiger partial charge in [0.25, 0.3) is 0 Å². The number of fused-ring (bicyclic) bond motifs is 3. The molecule has 0 unspecified atom stereocenters. The lowest BCUT2D eigenvalue weighted by Crippen LogP contribution is -2.52. The normalized spacial score (nSPS) is 24.0. The van der Waals surface area contributed by atoms with Crippen LogP contribution in [-0.4, -0.2) is 59.6 Å². The zero-order chi connectivity index (χ0) is 20.9. The maximum atomic E-state index is 6.30. The van der Waals surface area contributed by atoms with Gasteiger partial charge in [-0.05, 0) is 51.5 Å². The minimum atomic E-state index is -0.0938. The van der Waals surface area contributed by atoms with Gasteiger partial charge in [0, 0.05) is 52.6 Å². The van der Waals surface area contributed by atoms with Crippen molar-refractivity contribution in [2.75, 3.05) is 26.2 Å². The molecule has 3 heterocycles. The van der Waals surface area contributed by atoms with Gasteiger partial charge in [-0.3, -0.25) is 4.90 Å². The standard InChI is InChI=1S/C24H28ClN3OS/c1-24(2,3)29-18-13-17-14-28(11-10-27(17)15-18)23-19-6-4-5-7-21(19)30-22-9-8-16(25)12-20(22)26-23/h4-9,12,17-18H,10-11,13-15H2,1-3H3/t17-,18-/m0/s1. The third-order valence-electron chi connectivity index (χ3n) is 5.89.